The highest BCUT2D eigenvalue weighted by Gasteiger charge is 2.26. The number of benzene rings is 1. The van der Waals surface area contributed by atoms with Crippen molar-refractivity contribution < 1.29 is 14.3 Å². The smallest absolute Gasteiger partial charge is 0.237 e. The van der Waals surface area contributed by atoms with Crippen LogP contribution in [0.25, 0.3) is 0 Å². The lowest BCUT2D eigenvalue weighted by atomic mass is 9.92. The molecule has 2 atom stereocenters. The largest absolute Gasteiger partial charge is 0.489 e. The third-order valence-electron chi connectivity index (χ3n) is 4.33. The Morgan fingerprint density at radius 2 is 2.17 bits per heavy atom. The van der Waals surface area contributed by atoms with Crippen LogP contribution in [0.1, 0.15) is 31.7 Å². The van der Waals surface area contributed by atoms with Crippen LogP contribution in [0.3, 0.4) is 0 Å². The molecule has 0 spiro atoms. The molecule has 1 aromatic rings. The number of rotatable bonds is 7. The maximum absolute atomic E-state index is 12.2. The molecule has 1 saturated heterocycles. The standard InChI is InChI=1S/C18H28N2O3/c1-3-15(23-16-6-4-5-13(2)11-16)12-20-18(21)17(19)14-7-9-22-10-8-14/h4-6,11,14-15,17H,3,7-10,12,19H2,1-2H3,(H,20,21). The quantitative estimate of drug-likeness (QED) is 0.806. The highest BCUT2D eigenvalue weighted by molar-refractivity contribution is 5.81. The van der Waals surface area contributed by atoms with Gasteiger partial charge in [0.25, 0.3) is 0 Å². The minimum Gasteiger partial charge on any atom is -0.489 e. The zero-order valence-corrected chi connectivity index (χ0v) is 14.1. The Bertz CT molecular complexity index is 501. The molecule has 1 heterocycles. The van der Waals surface area contributed by atoms with Crippen molar-refractivity contribution in [3.63, 3.8) is 0 Å². The number of amides is 1. The van der Waals surface area contributed by atoms with Crippen LogP contribution in [0.2, 0.25) is 0 Å². The lowest BCUT2D eigenvalue weighted by Gasteiger charge is -2.27. The van der Waals surface area contributed by atoms with Crippen LogP contribution in [0.5, 0.6) is 5.75 Å². The second-order valence-corrected chi connectivity index (χ2v) is 6.19. The van der Waals surface area contributed by atoms with E-state index in [9.17, 15) is 4.79 Å². The van der Waals surface area contributed by atoms with Crippen LogP contribution in [-0.4, -0.2) is 37.8 Å². The van der Waals surface area contributed by atoms with Crippen LogP contribution in [0.4, 0.5) is 0 Å². The van der Waals surface area contributed by atoms with Gasteiger partial charge in [0.15, 0.2) is 0 Å². The van der Waals surface area contributed by atoms with Crippen molar-refractivity contribution in [2.75, 3.05) is 19.8 Å². The summed E-state index contributed by atoms with van der Waals surface area (Å²) in [6, 6.07) is 7.47. The Morgan fingerprint density at radius 3 is 2.83 bits per heavy atom. The van der Waals surface area contributed by atoms with Gasteiger partial charge in [-0.15, -0.1) is 0 Å². The fourth-order valence-corrected chi connectivity index (χ4v) is 2.77. The zero-order chi connectivity index (χ0) is 16.7. The van der Waals surface area contributed by atoms with E-state index in [1.807, 2.05) is 38.1 Å². The highest BCUT2D eigenvalue weighted by Crippen LogP contribution is 2.18. The molecule has 1 aliphatic rings. The number of aryl methyl sites for hydroxylation is 1. The number of ether oxygens (including phenoxy) is 2. The molecule has 1 fully saturated rings. The Hall–Kier alpha value is -1.59. The van der Waals surface area contributed by atoms with E-state index in [1.165, 1.54) is 0 Å². The number of carbonyl (C=O) groups excluding carboxylic acids is 1. The van der Waals surface area contributed by atoms with E-state index in [0.717, 1.165) is 30.6 Å². The van der Waals surface area contributed by atoms with E-state index in [2.05, 4.69) is 5.32 Å². The molecule has 0 saturated carbocycles. The van der Waals surface area contributed by atoms with Crippen molar-refractivity contribution in [2.24, 2.45) is 11.7 Å². The van der Waals surface area contributed by atoms with Gasteiger partial charge in [-0.1, -0.05) is 19.1 Å². The van der Waals surface area contributed by atoms with Gasteiger partial charge < -0.3 is 20.5 Å². The van der Waals surface area contributed by atoms with E-state index < -0.39 is 6.04 Å². The third kappa shape index (κ3) is 5.52. The summed E-state index contributed by atoms with van der Waals surface area (Å²) in [6.07, 6.45) is 2.47. The van der Waals surface area contributed by atoms with Gasteiger partial charge in [0.1, 0.15) is 11.9 Å². The summed E-state index contributed by atoms with van der Waals surface area (Å²) in [5, 5.41) is 2.94. The predicted molar refractivity (Wildman–Crippen MR) is 90.4 cm³/mol. The number of nitrogens with one attached hydrogen (secondary N) is 1. The molecule has 128 valence electrons. The van der Waals surface area contributed by atoms with E-state index >= 15 is 0 Å². The van der Waals surface area contributed by atoms with Gasteiger partial charge in [-0.05, 0) is 49.8 Å². The third-order valence-corrected chi connectivity index (χ3v) is 4.33. The molecule has 5 nitrogen and oxygen atoms in total. The minimum absolute atomic E-state index is 0.0531. The molecule has 1 aliphatic heterocycles. The van der Waals surface area contributed by atoms with E-state index in [1.54, 1.807) is 0 Å². The van der Waals surface area contributed by atoms with Crippen LogP contribution >= 0.6 is 0 Å². The molecule has 23 heavy (non-hydrogen) atoms. The summed E-state index contributed by atoms with van der Waals surface area (Å²) < 4.78 is 11.3. The maximum Gasteiger partial charge on any atom is 0.237 e. The number of hydrogen-bond donors (Lipinski definition) is 2. The normalized spacial score (nSPS) is 18.2. The SMILES string of the molecule is CCC(CNC(=O)C(N)C1CCOCC1)Oc1cccc(C)c1. The topological polar surface area (TPSA) is 73.6 Å². The lowest BCUT2D eigenvalue weighted by Crippen LogP contribution is -2.49. The first-order valence-electron chi connectivity index (χ1n) is 8.44. The van der Waals surface area contributed by atoms with Gasteiger partial charge in [-0.25, -0.2) is 0 Å². The average Bonchev–Trinajstić information content (AvgIpc) is 2.58. The van der Waals surface area contributed by atoms with Crippen molar-refractivity contribution in [1.82, 2.24) is 5.32 Å². The van der Waals surface area contributed by atoms with Crippen molar-refractivity contribution in [2.45, 2.75) is 45.3 Å². The van der Waals surface area contributed by atoms with Crippen LogP contribution < -0.4 is 15.8 Å². The maximum atomic E-state index is 12.2. The summed E-state index contributed by atoms with van der Waals surface area (Å²) in [5.74, 6) is 0.949. The first-order chi connectivity index (χ1) is 11.1. The lowest BCUT2D eigenvalue weighted by molar-refractivity contribution is -0.124. The van der Waals surface area contributed by atoms with E-state index in [4.69, 9.17) is 15.2 Å². The van der Waals surface area contributed by atoms with Gasteiger partial charge in [0.2, 0.25) is 5.91 Å². The molecule has 1 amide bonds. The van der Waals surface area contributed by atoms with Crippen molar-refractivity contribution >= 4 is 5.91 Å². The Morgan fingerprint density at radius 1 is 1.43 bits per heavy atom. The van der Waals surface area contributed by atoms with Crippen LogP contribution in [0.15, 0.2) is 24.3 Å². The molecule has 0 aromatic heterocycles. The first-order valence-corrected chi connectivity index (χ1v) is 8.44. The number of hydrogen-bond acceptors (Lipinski definition) is 4. The van der Waals surface area contributed by atoms with Gasteiger partial charge in [0, 0.05) is 13.2 Å². The molecule has 1 aromatic carbocycles. The van der Waals surface area contributed by atoms with Crippen molar-refractivity contribution in [3.8, 4) is 5.75 Å². The number of nitrogens with two attached hydrogens (primary N) is 1. The predicted octanol–water partition coefficient (Wildman–Crippen LogP) is 2.02. The Kier molecular flexibility index (Phi) is 6.86. The summed E-state index contributed by atoms with van der Waals surface area (Å²) in [4.78, 5) is 12.2. The highest BCUT2D eigenvalue weighted by atomic mass is 16.5. The molecule has 3 N–H and O–H groups in total. The zero-order valence-electron chi connectivity index (χ0n) is 14.1. The van der Waals surface area contributed by atoms with E-state index in [0.29, 0.717) is 19.8 Å². The van der Waals surface area contributed by atoms with Crippen LogP contribution in [-0.2, 0) is 9.53 Å². The monoisotopic (exact) mass is 320 g/mol. The number of carbonyl (C=O) groups is 1. The second-order valence-electron chi connectivity index (χ2n) is 6.19. The van der Waals surface area contributed by atoms with Crippen molar-refractivity contribution in [3.05, 3.63) is 29.8 Å². The summed E-state index contributed by atoms with van der Waals surface area (Å²) in [7, 11) is 0. The van der Waals surface area contributed by atoms with E-state index in [-0.39, 0.29) is 17.9 Å². The van der Waals surface area contributed by atoms with Gasteiger partial charge in [0.05, 0.1) is 12.6 Å². The van der Waals surface area contributed by atoms with Crippen LogP contribution in [0, 0.1) is 12.8 Å². The summed E-state index contributed by atoms with van der Waals surface area (Å²) in [6.45, 7) is 5.94. The van der Waals surface area contributed by atoms with Gasteiger partial charge in [-0.3, -0.25) is 4.79 Å². The summed E-state index contributed by atoms with van der Waals surface area (Å²) >= 11 is 0. The molecule has 2 rings (SSSR count). The first kappa shape index (κ1) is 17.8. The van der Waals surface area contributed by atoms with Crippen molar-refractivity contribution in [1.29, 1.82) is 0 Å². The fourth-order valence-electron chi connectivity index (χ4n) is 2.77. The van der Waals surface area contributed by atoms with Gasteiger partial charge >= 0.3 is 0 Å². The molecule has 5 heteroatoms. The molecular formula is C18H28N2O3. The molecule has 0 aliphatic carbocycles. The summed E-state index contributed by atoms with van der Waals surface area (Å²) in [5.41, 5.74) is 7.24. The molecule has 0 bridgehead atoms. The minimum atomic E-state index is -0.463. The second kappa shape index (κ2) is 8.89. The fraction of sp³-hybridized carbons (Fsp3) is 0.611. The van der Waals surface area contributed by atoms with Gasteiger partial charge in [-0.2, -0.15) is 0 Å². The Labute approximate surface area is 138 Å². The Balaban J connectivity index is 1.81. The molecule has 0 radical (unpaired) electrons. The average molecular weight is 320 g/mol. The molecule has 2 unspecified atom stereocenters. The molecular weight excluding hydrogens is 292 g/mol.